The molecule has 0 amide bonds. The van der Waals surface area contributed by atoms with Crippen LogP contribution in [0.5, 0.6) is 5.75 Å². The molecule has 5 heteroatoms. The normalized spacial score (nSPS) is 31.3. The fraction of sp³-hybridized carbons (Fsp3) is 0.750. The molecule has 0 aromatic heterocycles. The van der Waals surface area contributed by atoms with Crippen molar-refractivity contribution in [2.24, 2.45) is 17.3 Å². The van der Waals surface area contributed by atoms with Crippen molar-refractivity contribution in [3.63, 3.8) is 0 Å². The average Bonchev–Trinajstić information content (AvgIpc) is 2.84. The number of carbonyl (C=O) groups is 1. The fourth-order valence-electron chi connectivity index (χ4n) is 7.04. The second-order valence-electron chi connectivity index (χ2n) is 10.6. The van der Waals surface area contributed by atoms with Gasteiger partial charge in [0.1, 0.15) is 6.10 Å². The van der Waals surface area contributed by atoms with Gasteiger partial charge in [0, 0.05) is 11.0 Å². The van der Waals surface area contributed by atoms with E-state index in [-0.39, 0.29) is 29.4 Å². The van der Waals surface area contributed by atoms with Crippen molar-refractivity contribution in [3.8, 4) is 5.75 Å². The molecule has 3 nitrogen and oxygen atoms in total. The minimum Gasteiger partial charge on any atom is -0.491 e. The Morgan fingerprint density at radius 3 is 2.27 bits per heavy atom. The maximum absolute atomic E-state index is 14.7. The van der Waals surface area contributed by atoms with Crippen LogP contribution in [0.1, 0.15) is 109 Å². The monoisotopic (exact) mass is 462 g/mol. The van der Waals surface area contributed by atoms with Gasteiger partial charge in [0.2, 0.25) is 5.82 Å². The highest BCUT2D eigenvalue weighted by Crippen LogP contribution is 2.52. The molecule has 1 aliphatic heterocycles. The summed E-state index contributed by atoms with van der Waals surface area (Å²) in [4.78, 5) is 13.0. The summed E-state index contributed by atoms with van der Waals surface area (Å²) in [6.45, 7) is 4.18. The van der Waals surface area contributed by atoms with E-state index in [1.165, 1.54) is 57.1 Å². The quantitative estimate of drug-likeness (QED) is 0.389. The van der Waals surface area contributed by atoms with E-state index in [2.05, 4.69) is 6.92 Å². The Bertz CT molecular complexity index is 810. The lowest BCUT2D eigenvalue weighted by Crippen LogP contribution is -2.45. The Labute approximate surface area is 197 Å². The third-order valence-electron chi connectivity index (χ3n) is 8.79. The van der Waals surface area contributed by atoms with E-state index in [1.807, 2.05) is 0 Å². The predicted molar refractivity (Wildman–Crippen MR) is 125 cm³/mol. The van der Waals surface area contributed by atoms with Gasteiger partial charge in [0.15, 0.2) is 11.6 Å². The Hall–Kier alpha value is -1.65. The Morgan fingerprint density at radius 2 is 1.64 bits per heavy atom. The predicted octanol–water partition coefficient (Wildman–Crippen LogP) is 7.71. The maximum Gasteiger partial charge on any atom is 0.313 e. The molecule has 0 radical (unpaired) electrons. The molecule has 2 saturated carbocycles. The minimum absolute atomic E-state index is 0.0448. The number of cyclic esters (lactones) is 1. The molecule has 2 atom stereocenters. The van der Waals surface area contributed by atoms with Crippen LogP contribution in [0.3, 0.4) is 0 Å². The van der Waals surface area contributed by atoms with Crippen molar-refractivity contribution in [1.82, 2.24) is 0 Å². The Balaban J connectivity index is 1.43. The van der Waals surface area contributed by atoms with E-state index >= 15 is 0 Å². The van der Waals surface area contributed by atoms with E-state index in [1.54, 1.807) is 6.92 Å². The van der Waals surface area contributed by atoms with Gasteiger partial charge in [0.25, 0.3) is 0 Å². The van der Waals surface area contributed by atoms with E-state index in [0.717, 1.165) is 43.9 Å². The van der Waals surface area contributed by atoms with Crippen molar-refractivity contribution < 1.29 is 23.0 Å². The molecule has 0 unspecified atom stereocenters. The smallest absolute Gasteiger partial charge is 0.313 e. The first-order valence-corrected chi connectivity index (χ1v) is 13.3. The number of rotatable bonds is 7. The zero-order valence-electron chi connectivity index (χ0n) is 20.3. The standard InChI is InChI=1S/C28H40F2O3/c1-3-16-28(17-14-20(15-18-28)19-8-6-5-7-9-19)24-13-11-22(27(31)33-24)21-10-12-23(32-4-2)26(30)25(21)29/h10,12,19-20,22,24H,3-9,11,13-18H2,1-2H3/t20-,22-,24-,28-/m0/s1. The summed E-state index contributed by atoms with van der Waals surface area (Å²) in [7, 11) is 0. The zero-order valence-corrected chi connectivity index (χ0v) is 20.3. The van der Waals surface area contributed by atoms with Crippen LogP contribution >= 0.6 is 0 Å². The van der Waals surface area contributed by atoms with Crippen molar-refractivity contribution >= 4 is 5.97 Å². The van der Waals surface area contributed by atoms with Crippen LogP contribution in [0.15, 0.2) is 12.1 Å². The first-order valence-electron chi connectivity index (χ1n) is 13.3. The summed E-state index contributed by atoms with van der Waals surface area (Å²) in [5.74, 6) is -1.57. The van der Waals surface area contributed by atoms with Gasteiger partial charge in [-0.15, -0.1) is 0 Å². The largest absolute Gasteiger partial charge is 0.491 e. The van der Waals surface area contributed by atoms with Crippen LogP contribution in [0.2, 0.25) is 0 Å². The molecule has 2 aliphatic carbocycles. The summed E-state index contributed by atoms with van der Waals surface area (Å²) in [5, 5.41) is 0. The number of halogens is 2. The van der Waals surface area contributed by atoms with Gasteiger partial charge < -0.3 is 9.47 Å². The van der Waals surface area contributed by atoms with Crippen molar-refractivity contribution in [2.45, 2.75) is 109 Å². The highest BCUT2D eigenvalue weighted by molar-refractivity contribution is 5.79. The van der Waals surface area contributed by atoms with E-state index in [9.17, 15) is 13.6 Å². The van der Waals surface area contributed by atoms with E-state index in [4.69, 9.17) is 9.47 Å². The van der Waals surface area contributed by atoms with Crippen LogP contribution in [0.25, 0.3) is 0 Å². The molecule has 0 bridgehead atoms. The average molecular weight is 463 g/mol. The number of carbonyl (C=O) groups excluding carboxylic acids is 1. The molecule has 4 rings (SSSR count). The van der Waals surface area contributed by atoms with Crippen LogP contribution in [-0.2, 0) is 9.53 Å². The fourth-order valence-corrected chi connectivity index (χ4v) is 7.04. The summed E-state index contributed by atoms with van der Waals surface area (Å²) >= 11 is 0. The molecule has 3 aliphatic rings. The number of ether oxygens (including phenoxy) is 2. The van der Waals surface area contributed by atoms with Crippen LogP contribution in [0, 0.1) is 28.9 Å². The number of hydrogen-bond donors (Lipinski definition) is 0. The molecule has 1 aromatic carbocycles. The molecule has 1 heterocycles. The van der Waals surface area contributed by atoms with E-state index in [0.29, 0.717) is 6.42 Å². The first kappa shape index (κ1) is 24.5. The molecule has 33 heavy (non-hydrogen) atoms. The second kappa shape index (κ2) is 10.7. The van der Waals surface area contributed by atoms with Crippen LogP contribution in [-0.4, -0.2) is 18.7 Å². The van der Waals surface area contributed by atoms with Gasteiger partial charge in [-0.2, -0.15) is 4.39 Å². The molecule has 1 aromatic rings. The molecular weight excluding hydrogens is 422 g/mol. The van der Waals surface area contributed by atoms with Crippen molar-refractivity contribution in [1.29, 1.82) is 0 Å². The Kier molecular flexibility index (Phi) is 7.96. The lowest BCUT2D eigenvalue weighted by molar-refractivity contribution is -0.169. The lowest BCUT2D eigenvalue weighted by atomic mass is 9.60. The summed E-state index contributed by atoms with van der Waals surface area (Å²) in [6.07, 6.45) is 14.9. The van der Waals surface area contributed by atoms with Gasteiger partial charge in [-0.1, -0.05) is 51.5 Å². The molecule has 3 fully saturated rings. The number of hydrogen-bond acceptors (Lipinski definition) is 3. The van der Waals surface area contributed by atoms with Gasteiger partial charge in [-0.3, -0.25) is 4.79 Å². The number of esters is 1. The van der Waals surface area contributed by atoms with Crippen LogP contribution < -0.4 is 4.74 Å². The van der Waals surface area contributed by atoms with Gasteiger partial charge in [-0.05, 0) is 69.8 Å². The Morgan fingerprint density at radius 1 is 0.939 bits per heavy atom. The number of benzene rings is 1. The molecule has 0 N–H and O–H groups in total. The summed E-state index contributed by atoms with van der Waals surface area (Å²) in [6, 6.07) is 2.90. The van der Waals surface area contributed by atoms with Gasteiger partial charge >= 0.3 is 5.97 Å². The highest BCUT2D eigenvalue weighted by atomic mass is 19.2. The topological polar surface area (TPSA) is 35.5 Å². The van der Waals surface area contributed by atoms with Crippen LogP contribution in [0.4, 0.5) is 8.78 Å². The maximum atomic E-state index is 14.7. The molecular formula is C28H40F2O3. The zero-order chi connectivity index (χ0) is 23.4. The van der Waals surface area contributed by atoms with Gasteiger partial charge in [-0.25, -0.2) is 4.39 Å². The van der Waals surface area contributed by atoms with Crippen molar-refractivity contribution in [3.05, 3.63) is 29.3 Å². The molecule has 0 spiro atoms. The van der Waals surface area contributed by atoms with Gasteiger partial charge in [0.05, 0.1) is 12.5 Å². The molecule has 1 saturated heterocycles. The first-order chi connectivity index (χ1) is 16.0. The molecule has 184 valence electrons. The minimum atomic E-state index is -1.02. The third kappa shape index (κ3) is 5.07. The SMILES string of the molecule is CCC[C@]1([C@@H]2CC[C@@H](c3ccc(OCC)c(F)c3F)C(=O)O2)CC[C@H](C2CCCCC2)CC1. The van der Waals surface area contributed by atoms with E-state index < -0.39 is 23.5 Å². The summed E-state index contributed by atoms with van der Waals surface area (Å²) in [5.41, 5.74) is 0.133. The highest BCUT2D eigenvalue weighted by Gasteiger charge is 2.47. The van der Waals surface area contributed by atoms with Crippen molar-refractivity contribution in [2.75, 3.05) is 6.61 Å². The second-order valence-corrected chi connectivity index (χ2v) is 10.6. The summed E-state index contributed by atoms with van der Waals surface area (Å²) < 4.78 is 40.3. The lowest BCUT2D eigenvalue weighted by Gasteiger charge is -2.48. The third-order valence-corrected chi connectivity index (χ3v) is 8.79.